The SMILES string of the molecule is CCn1cc(N)c(C(=O)N(C)C(C)c2ccc(C)cc2)n1. The van der Waals surface area contributed by atoms with Crippen LogP contribution in [0.5, 0.6) is 0 Å². The maximum atomic E-state index is 12.5. The monoisotopic (exact) mass is 286 g/mol. The predicted molar refractivity (Wildman–Crippen MR) is 84.0 cm³/mol. The fourth-order valence-corrected chi connectivity index (χ4v) is 2.18. The number of carbonyl (C=O) groups excluding carboxylic acids is 1. The van der Waals surface area contributed by atoms with Gasteiger partial charge in [-0.2, -0.15) is 5.10 Å². The molecule has 2 aromatic rings. The summed E-state index contributed by atoms with van der Waals surface area (Å²) in [6.07, 6.45) is 1.69. The second kappa shape index (κ2) is 5.99. The Kier molecular flexibility index (Phi) is 4.31. The highest BCUT2D eigenvalue weighted by Crippen LogP contribution is 2.22. The number of nitrogen functional groups attached to an aromatic ring is 1. The highest BCUT2D eigenvalue weighted by Gasteiger charge is 2.23. The number of amides is 1. The zero-order valence-corrected chi connectivity index (χ0v) is 13.0. The van der Waals surface area contributed by atoms with Crippen LogP contribution < -0.4 is 5.73 Å². The Morgan fingerprint density at radius 3 is 2.52 bits per heavy atom. The lowest BCUT2D eigenvalue weighted by molar-refractivity contribution is 0.0737. The molecule has 1 aromatic heterocycles. The topological polar surface area (TPSA) is 64.2 Å². The Hall–Kier alpha value is -2.30. The third-order valence-corrected chi connectivity index (χ3v) is 3.78. The summed E-state index contributed by atoms with van der Waals surface area (Å²) in [5, 5.41) is 4.24. The Bertz CT molecular complexity index is 630. The molecule has 0 aliphatic heterocycles. The first-order chi connectivity index (χ1) is 9.93. The van der Waals surface area contributed by atoms with Crippen LogP contribution in [-0.4, -0.2) is 27.6 Å². The van der Waals surface area contributed by atoms with Gasteiger partial charge in [-0.3, -0.25) is 9.48 Å². The van der Waals surface area contributed by atoms with Crippen LogP contribution in [0.3, 0.4) is 0 Å². The molecule has 5 heteroatoms. The lowest BCUT2D eigenvalue weighted by Gasteiger charge is -2.25. The molecule has 1 heterocycles. The zero-order valence-electron chi connectivity index (χ0n) is 13.0. The third kappa shape index (κ3) is 3.07. The number of hydrogen-bond donors (Lipinski definition) is 1. The van der Waals surface area contributed by atoms with E-state index in [0.717, 1.165) is 5.56 Å². The molecule has 1 unspecified atom stereocenters. The Morgan fingerprint density at radius 2 is 2.00 bits per heavy atom. The molecule has 0 bridgehead atoms. The van der Waals surface area contributed by atoms with Gasteiger partial charge in [0.2, 0.25) is 0 Å². The minimum atomic E-state index is -0.159. The maximum absolute atomic E-state index is 12.5. The van der Waals surface area contributed by atoms with Crippen LogP contribution in [-0.2, 0) is 6.54 Å². The van der Waals surface area contributed by atoms with E-state index in [1.54, 1.807) is 22.8 Å². The van der Waals surface area contributed by atoms with Crippen molar-refractivity contribution in [3.05, 3.63) is 47.3 Å². The van der Waals surface area contributed by atoms with Gasteiger partial charge in [-0.1, -0.05) is 29.8 Å². The summed E-state index contributed by atoms with van der Waals surface area (Å²) in [6.45, 7) is 6.69. The van der Waals surface area contributed by atoms with Crippen LogP contribution in [0.15, 0.2) is 30.5 Å². The first-order valence-electron chi connectivity index (χ1n) is 7.10. The molecule has 0 saturated carbocycles. The van der Waals surface area contributed by atoms with Crippen molar-refractivity contribution in [3.8, 4) is 0 Å². The Morgan fingerprint density at radius 1 is 1.38 bits per heavy atom. The number of rotatable bonds is 4. The summed E-state index contributed by atoms with van der Waals surface area (Å²) >= 11 is 0. The van der Waals surface area contributed by atoms with Gasteiger partial charge in [-0.05, 0) is 26.3 Å². The molecule has 5 nitrogen and oxygen atoms in total. The fraction of sp³-hybridized carbons (Fsp3) is 0.375. The van der Waals surface area contributed by atoms with Crippen LogP contribution in [0.4, 0.5) is 5.69 Å². The van der Waals surface area contributed by atoms with Crippen LogP contribution in [0.2, 0.25) is 0 Å². The average Bonchev–Trinajstić information content (AvgIpc) is 2.87. The third-order valence-electron chi connectivity index (χ3n) is 3.78. The highest BCUT2D eigenvalue weighted by atomic mass is 16.2. The summed E-state index contributed by atoms with van der Waals surface area (Å²) in [5.41, 5.74) is 8.91. The molecule has 0 saturated heterocycles. The molecule has 0 radical (unpaired) electrons. The molecule has 0 aliphatic carbocycles. The molecule has 0 fully saturated rings. The molecular formula is C16H22N4O. The van der Waals surface area contributed by atoms with Crippen LogP contribution in [0.25, 0.3) is 0 Å². The van der Waals surface area contributed by atoms with E-state index in [1.807, 2.05) is 45.0 Å². The number of benzene rings is 1. The summed E-state index contributed by atoms with van der Waals surface area (Å²) < 4.78 is 1.67. The second-order valence-electron chi connectivity index (χ2n) is 5.29. The van der Waals surface area contributed by atoms with Gasteiger partial charge in [0.15, 0.2) is 5.69 Å². The zero-order chi connectivity index (χ0) is 15.6. The van der Waals surface area contributed by atoms with E-state index in [-0.39, 0.29) is 11.9 Å². The quantitative estimate of drug-likeness (QED) is 0.939. The smallest absolute Gasteiger partial charge is 0.276 e. The molecule has 0 aliphatic rings. The number of anilines is 1. The van der Waals surface area contributed by atoms with Crippen molar-refractivity contribution < 1.29 is 4.79 Å². The van der Waals surface area contributed by atoms with E-state index in [2.05, 4.69) is 5.10 Å². The number of carbonyl (C=O) groups is 1. The van der Waals surface area contributed by atoms with Crippen molar-refractivity contribution in [2.75, 3.05) is 12.8 Å². The molecule has 2 N–H and O–H groups in total. The summed E-state index contributed by atoms with van der Waals surface area (Å²) in [7, 11) is 1.78. The molecule has 2 rings (SSSR count). The fourth-order valence-electron chi connectivity index (χ4n) is 2.18. The number of aromatic nitrogens is 2. The summed E-state index contributed by atoms with van der Waals surface area (Å²) in [5.74, 6) is -0.159. The average molecular weight is 286 g/mol. The van der Waals surface area contributed by atoms with Gasteiger partial charge >= 0.3 is 0 Å². The van der Waals surface area contributed by atoms with Gasteiger partial charge < -0.3 is 10.6 Å². The van der Waals surface area contributed by atoms with Gasteiger partial charge in [0, 0.05) is 19.8 Å². The van der Waals surface area contributed by atoms with Crippen molar-refractivity contribution in [3.63, 3.8) is 0 Å². The van der Waals surface area contributed by atoms with Crippen LogP contribution >= 0.6 is 0 Å². The number of nitrogens with zero attached hydrogens (tertiary/aromatic N) is 3. The van der Waals surface area contributed by atoms with Crippen LogP contribution in [0, 0.1) is 6.92 Å². The number of aryl methyl sites for hydroxylation is 2. The lowest BCUT2D eigenvalue weighted by atomic mass is 10.1. The van der Waals surface area contributed by atoms with Gasteiger partial charge in [0.1, 0.15) is 0 Å². The molecule has 1 atom stereocenters. The lowest BCUT2D eigenvalue weighted by Crippen LogP contribution is -2.30. The predicted octanol–water partition coefficient (Wildman–Crippen LogP) is 2.63. The van der Waals surface area contributed by atoms with E-state index >= 15 is 0 Å². The van der Waals surface area contributed by atoms with E-state index < -0.39 is 0 Å². The molecule has 21 heavy (non-hydrogen) atoms. The first kappa shape index (κ1) is 15.1. The van der Waals surface area contributed by atoms with E-state index in [1.165, 1.54) is 5.56 Å². The first-order valence-corrected chi connectivity index (χ1v) is 7.10. The van der Waals surface area contributed by atoms with E-state index in [9.17, 15) is 4.79 Å². The van der Waals surface area contributed by atoms with Gasteiger partial charge in [-0.25, -0.2) is 0 Å². The van der Waals surface area contributed by atoms with Crippen molar-refractivity contribution in [1.82, 2.24) is 14.7 Å². The highest BCUT2D eigenvalue weighted by molar-refractivity contribution is 5.97. The maximum Gasteiger partial charge on any atom is 0.276 e. The normalized spacial score (nSPS) is 12.2. The minimum absolute atomic E-state index is 0.0377. The van der Waals surface area contributed by atoms with Crippen molar-refractivity contribution >= 4 is 11.6 Å². The second-order valence-corrected chi connectivity index (χ2v) is 5.29. The van der Waals surface area contributed by atoms with E-state index in [4.69, 9.17) is 5.73 Å². The van der Waals surface area contributed by atoms with Crippen molar-refractivity contribution in [1.29, 1.82) is 0 Å². The Balaban J connectivity index is 2.21. The number of hydrogen-bond acceptors (Lipinski definition) is 3. The largest absolute Gasteiger partial charge is 0.396 e. The summed E-state index contributed by atoms with van der Waals surface area (Å²) in [6, 6.07) is 8.13. The summed E-state index contributed by atoms with van der Waals surface area (Å²) in [4.78, 5) is 14.2. The van der Waals surface area contributed by atoms with Gasteiger partial charge in [0.05, 0.1) is 11.7 Å². The van der Waals surface area contributed by atoms with Gasteiger partial charge in [-0.15, -0.1) is 0 Å². The van der Waals surface area contributed by atoms with Crippen LogP contribution in [0.1, 0.15) is 41.5 Å². The molecule has 1 aromatic carbocycles. The van der Waals surface area contributed by atoms with Crippen molar-refractivity contribution in [2.24, 2.45) is 0 Å². The van der Waals surface area contributed by atoms with Gasteiger partial charge in [0.25, 0.3) is 5.91 Å². The minimum Gasteiger partial charge on any atom is -0.396 e. The number of nitrogens with two attached hydrogens (primary N) is 1. The van der Waals surface area contributed by atoms with Crippen molar-refractivity contribution in [2.45, 2.75) is 33.4 Å². The molecule has 112 valence electrons. The molecule has 0 spiro atoms. The Labute approximate surface area is 125 Å². The van der Waals surface area contributed by atoms with E-state index in [0.29, 0.717) is 17.9 Å². The standard InChI is InChI=1S/C16H22N4O/c1-5-20-10-14(17)15(18-20)16(21)19(4)12(3)13-8-6-11(2)7-9-13/h6-10,12H,5,17H2,1-4H3. The molecular weight excluding hydrogens is 264 g/mol. The molecule has 1 amide bonds.